The first kappa shape index (κ1) is 16.1. The predicted molar refractivity (Wildman–Crippen MR) is 95.7 cm³/mol. The van der Waals surface area contributed by atoms with E-state index in [0.29, 0.717) is 11.1 Å². The number of carbonyl (C=O) groups excluding carboxylic acids is 1. The van der Waals surface area contributed by atoms with Crippen LogP contribution in [0.3, 0.4) is 0 Å². The van der Waals surface area contributed by atoms with Crippen LogP contribution in [0.4, 0.5) is 0 Å². The maximum atomic E-state index is 12.6. The topological polar surface area (TPSA) is 17.1 Å². The highest BCUT2D eigenvalue weighted by atomic mass is 32.1. The second-order valence-corrected chi connectivity index (χ2v) is 5.21. The van der Waals surface area contributed by atoms with E-state index in [2.05, 4.69) is 12.6 Å². The van der Waals surface area contributed by atoms with Gasteiger partial charge in [0.1, 0.15) is 0 Å². The summed E-state index contributed by atoms with van der Waals surface area (Å²) in [4.78, 5) is 13.3. The van der Waals surface area contributed by atoms with Gasteiger partial charge < -0.3 is 0 Å². The number of hydrogen-bond acceptors (Lipinski definition) is 2. The van der Waals surface area contributed by atoms with Gasteiger partial charge in [0, 0.05) is 16.0 Å². The lowest BCUT2D eigenvalue weighted by Crippen LogP contribution is -2.03. The highest BCUT2D eigenvalue weighted by Gasteiger charge is 2.14. The summed E-state index contributed by atoms with van der Waals surface area (Å²) in [6.45, 7) is 0. The molecule has 110 valence electrons. The molecule has 0 bridgehead atoms. The Morgan fingerprint density at radius 2 is 1.32 bits per heavy atom. The molecule has 0 N–H and O–H groups in total. The van der Waals surface area contributed by atoms with Crippen molar-refractivity contribution in [3.8, 4) is 11.1 Å². The number of benzene rings is 3. The quantitative estimate of drug-likeness (QED) is 0.499. The van der Waals surface area contributed by atoms with Crippen molar-refractivity contribution >= 4 is 18.4 Å². The molecule has 0 heterocycles. The average Bonchev–Trinajstić information content (AvgIpc) is 2.56. The van der Waals surface area contributed by atoms with Gasteiger partial charge in [0.05, 0.1) is 0 Å². The van der Waals surface area contributed by atoms with Gasteiger partial charge in [-0.25, -0.2) is 0 Å². The molecule has 0 saturated carbocycles. The van der Waals surface area contributed by atoms with E-state index in [-0.39, 0.29) is 13.2 Å². The van der Waals surface area contributed by atoms with E-state index < -0.39 is 0 Å². The van der Waals surface area contributed by atoms with E-state index in [1.807, 2.05) is 78.9 Å². The van der Waals surface area contributed by atoms with Gasteiger partial charge in [0.2, 0.25) is 0 Å². The molecule has 22 heavy (non-hydrogen) atoms. The van der Waals surface area contributed by atoms with E-state index in [1.165, 1.54) is 0 Å². The minimum atomic E-state index is -0.00150. The van der Waals surface area contributed by atoms with Crippen LogP contribution in [0, 0.1) is 0 Å². The Bertz CT molecular complexity index is 764. The van der Waals surface area contributed by atoms with E-state index in [4.69, 9.17) is 0 Å². The lowest BCUT2D eigenvalue weighted by molar-refractivity contribution is 0.103. The zero-order valence-electron chi connectivity index (χ0n) is 11.4. The normalized spacial score (nSPS) is 9.86. The minimum Gasteiger partial charge on any atom is -0.289 e. The van der Waals surface area contributed by atoms with Crippen molar-refractivity contribution in [2.24, 2.45) is 0 Å². The summed E-state index contributed by atoms with van der Waals surface area (Å²) >= 11 is 4.59. The Labute approximate surface area is 137 Å². The molecule has 3 aromatic carbocycles. The molecule has 0 saturated heterocycles. The molecular formula is C20H18OS. The molecule has 0 amide bonds. The van der Waals surface area contributed by atoms with E-state index in [0.717, 1.165) is 16.0 Å². The molecule has 2 heteroatoms. The van der Waals surface area contributed by atoms with Crippen LogP contribution in [0.1, 0.15) is 23.3 Å². The number of hydrogen-bond donors (Lipinski definition) is 1. The lowest BCUT2D eigenvalue weighted by Gasteiger charge is -2.10. The van der Waals surface area contributed by atoms with E-state index >= 15 is 0 Å². The fraction of sp³-hybridized carbons (Fsp3) is 0.0500. The highest BCUT2D eigenvalue weighted by molar-refractivity contribution is 7.80. The molecule has 0 aliphatic heterocycles. The summed E-state index contributed by atoms with van der Waals surface area (Å²) < 4.78 is 0. The molecule has 3 aromatic rings. The Morgan fingerprint density at radius 1 is 0.727 bits per heavy atom. The smallest absolute Gasteiger partial charge is 0.194 e. The minimum absolute atomic E-state index is 0. The van der Waals surface area contributed by atoms with Crippen LogP contribution in [-0.4, -0.2) is 5.78 Å². The van der Waals surface area contributed by atoms with Gasteiger partial charge in [-0.15, -0.1) is 12.6 Å². The fourth-order valence-corrected chi connectivity index (χ4v) is 2.70. The molecule has 3 rings (SSSR count). The molecule has 1 nitrogen and oxygen atoms in total. The van der Waals surface area contributed by atoms with Crippen LogP contribution in [0.15, 0.2) is 83.8 Å². The monoisotopic (exact) mass is 306 g/mol. The molecule has 0 aliphatic rings. The van der Waals surface area contributed by atoms with Crippen LogP contribution >= 0.6 is 12.6 Å². The molecular weight excluding hydrogens is 288 g/mol. The molecule has 0 unspecified atom stereocenters. The van der Waals surface area contributed by atoms with Gasteiger partial charge in [-0.1, -0.05) is 80.2 Å². The SMILES string of the molecule is C.O=C(c1ccccc1)c1cccc(-c2ccccc2)c1S. The molecule has 0 spiro atoms. The van der Waals surface area contributed by atoms with E-state index in [9.17, 15) is 4.79 Å². The Hall–Kier alpha value is -2.32. The Kier molecular flexibility index (Phi) is 5.18. The van der Waals surface area contributed by atoms with Crippen LogP contribution in [0.2, 0.25) is 0 Å². The lowest BCUT2D eigenvalue weighted by atomic mass is 9.98. The Balaban J connectivity index is 0.00000176. The third-order valence-corrected chi connectivity index (χ3v) is 3.88. The molecule has 0 aliphatic carbocycles. The summed E-state index contributed by atoms with van der Waals surface area (Å²) in [6.07, 6.45) is 0. The third kappa shape index (κ3) is 3.12. The summed E-state index contributed by atoms with van der Waals surface area (Å²) in [5.41, 5.74) is 3.34. The van der Waals surface area contributed by atoms with Crippen molar-refractivity contribution in [1.29, 1.82) is 0 Å². The van der Waals surface area contributed by atoms with Gasteiger partial charge in [0.15, 0.2) is 5.78 Å². The molecule has 0 radical (unpaired) electrons. The molecule has 0 fully saturated rings. The fourth-order valence-electron chi connectivity index (χ4n) is 2.32. The predicted octanol–water partition coefficient (Wildman–Crippen LogP) is 5.51. The van der Waals surface area contributed by atoms with E-state index in [1.54, 1.807) is 0 Å². The second kappa shape index (κ2) is 7.10. The maximum absolute atomic E-state index is 12.6. The highest BCUT2D eigenvalue weighted by Crippen LogP contribution is 2.30. The van der Waals surface area contributed by atoms with Crippen LogP contribution < -0.4 is 0 Å². The van der Waals surface area contributed by atoms with Gasteiger partial charge in [-0.2, -0.15) is 0 Å². The third-order valence-electron chi connectivity index (χ3n) is 3.40. The second-order valence-electron chi connectivity index (χ2n) is 4.76. The van der Waals surface area contributed by atoms with Crippen molar-refractivity contribution in [3.05, 3.63) is 90.0 Å². The van der Waals surface area contributed by atoms with Crippen molar-refractivity contribution in [2.45, 2.75) is 12.3 Å². The first-order chi connectivity index (χ1) is 10.3. The van der Waals surface area contributed by atoms with Crippen LogP contribution in [0.5, 0.6) is 0 Å². The van der Waals surface area contributed by atoms with Gasteiger partial charge in [0.25, 0.3) is 0 Å². The van der Waals surface area contributed by atoms with Crippen LogP contribution in [0.25, 0.3) is 11.1 Å². The number of rotatable bonds is 3. The maximum Gasteiger partial charge on any atom is 0.194 e. The summed E-state index contributed by atoms with van der Waals surface area (Å²) in [6, 6.07) is 25.0. The first-order valence-corrected chi connectivity index (χ1v) is 7.19. The zero-order chi connectivity index (χ0) is 14.7. The summed E-state index contributed by atoms with van der Waals surface area (Å²) in [7, 11) is 0. The standard InChI is InChI=1S/C19H14OS.CH4/c20-18(15-10-5-2-6-11-15)17-13-7-12-16(19(17)21)14-8-3-1-4-9-14;/h1-13,21H;1H4. The number of thiol groups is 1. The van der Waals surface area contributed by atoms with Crippen molar-refractivity contribution in [3.63, 3.8) is 0 Å². The number of ketones is 1. The Morgan fingerprint density at radius 3 is 1.95 bits per heavy atom. The average molecular weight is 306 g/mol. The molecule has 0 aromatic heterocycles. The molecule has 0 atom stereocenters. The van der Waals surface area contributed by atoms with Crippen molar-refractivity contribution in [2.75, 3.05) is 0 Å². The van der Waals surface area contributed by atoms with Gasteiger partial charge >= 0.3 is 0 Å². The number of carbonyl (C=O) groups is 1. The van der Waals surface area contributed by atoms with Crippen molar-refractivity contribution in [1.82, 2.24) is 0 Å². The van der Waals surface area contributed by atoms with Gasteiger partial charge in [-0.05, 0) is 17.2 Å². The van der Waals surface area contributed by atoms with Crippen molar-refractivity contribution < 1.29 is 4.79 Å². The van der Waals surface area contributed by atoms with Gasteiger partial charge in [-0.3, -0.25) is 4.79 Å². The summed E-state index contributed by atoms with van der Waals surface area (Å²) in [5, 5.41) is 0. The summed E-state index contributed by atoms with van der Waals surface area (Å²) in [5.74, 6) is -0.00150. The largest absolute Gasteiger partial charge is 0.289 e. The zero-order valence-corrected chi connectivity index (χ0v) is 12.3. The first-order valence-electron chi connectivity index (χ1n) is 6.74. The van der Waals surface area contributed by atoms with Crippen LogP contribution in [-0.2, 0) is 0 Å².